The molecular weight excluding hydrogens is 373 g/mol. The van der Waals surface area contributed by atoms with Crippen molar-refractivity contribution in [3.05, 3.63) is 63.3 Å². The second-order valence-corrected chi connectivity index (χ2v) is 5.98. The summed E-state index contributed by atoms with van der Waals surface area (Å²) >= 11 is 9.24. The van der Waals surface area contributed by atoms with Gasteiger partial charge in [0, 0.05) is 11.5 Å². The lowest BCUT2D eigenvalue weighted by Gasteiger charge is -2.18. The largest absolute Gasteiger partial charge is 0.492 e. The van der Waals surface area contributed by atoms with E-state index in [9.17, 15) is 9.18 Å². The number of carbonyl (C=O) groups is 1. The molecule has 0 radical (unpaired) electrons. The number of hydrogen-bond acceptors (Lipinski definition) is 2. The summed E-state index contributed by atoms with van der Waals surface area (Å²) < 4.78 is 19.5. The summed E-state index contributed by atoms with van der Waals surface area (Å²) in [6, 6.07) is 11.1. The average Bonchev–Trinajstić information content (AvgIpc) is 2.48. The second-order valence-electron chi connectivity index (χ2n) is 4.65. The predicted molar refractivity (Wildman–Crippen MR) is 88.0 cm³/mol. The normalized spacial score (nSPS) is 10.4. The fourth-order valence-corrected chi connectivity index (χ4v) is 2.31. The Morgan fingerprint density at radius 1 is 1.27 bits per heavy atom. The van der Waals surface area contributed by atoms with Gasteiger partial charge in [-0.05, 0) is 42.5 Å². The van der Waals surface area contributed by atoms with E-state index in [4.69, 9.17) is 16.3 Å². The van der Waals surface area contributed by atoms with Gasteiger partial charge in [-0.25, -0.2) is 4.39 Å². The van der Waals surface area contributed by atoms with E-state index < -0.39 is 5.82 Å². The van der Waals surface area contributed by atoms with Crippen molar-refractivity contribution in [2.75, 3.05) is 20.2 Å². The van der Waals surface area contributed by atoms with Gasteiger partial charge in [0.2, 0.25) is 0 Å². The fraction of sp³-hybridized carbons (Fsp3) is 0.188. The minimum Gasteiger partial charge on any atom is -0.492 e. The topological polar surface area (TPSA) is 29.5 Å². The third-order valence-electron chi connectivity index (χ3n) is 3.02. The molecule has 0 saturated carbocycles. The lowest BCUT2D eigenvalue weighted by atomic mass is 10.2. The second kappa shape index (κ2) is 7.61. The molecule has 0 heterocycles. The maximum Gasteiger partial charge on any atom is 0.255 e. The minimum atomic E-state index is -0.470. The molecule has 0 spiro atoms. The van der Waals surface area contributed by atoms with Crippen LogP contribution in [0.15, 0.2) is 46.9 Å². The Bertz CT molecular complexity index is 664. The van der Waals surface area contributed by atoms with Crippen molar-refractivity contribution in [3.63, 3.8) is 0 Å². The molecule has 0 aromatic heterocycles. The van der Waals surface area contributed by atoms with Crippen molar-refractivity contribution >= 4 is 33.4 Å². The van der Waals surface area contributed by atoms with Crippen LogP contribution in [0.4, 0.5) is 4.39 Å². The van der Waals surface area contributed by atoms with Gasteiger partial charge in [-0.15, -0.1) is 0 Å². The first-order valence-electron chi connectivity index (χ1n) is 6.56. The zero-order chi connectivity index (χ0) is 16.1. The average molecular weight is 387 g/mol. The molecule has 2 rings (SSSR count). The molecule has 0 saturated heterocycles. The highest BCUT2D eigenvalue weighted by Gasteiger charge is 2.15. The van der Waals surface area contributed by atoms with Crippen molar-refractivity contribution < 1.29 is 13.9 Å². The molecule has 0 unspecified atom stereocenters. The van der Waals surface area contributed by atoms with Gasteiger partial charge in [-0.3, -0.25) is 4.79 Å². The first kappa shape index (κ1) is 16.8. The standard InChI is InChI=1S/C16H14BrClFNO2/c1-20(8-9-22-13-5-2-11(17)3-6-13)16(21)14-7-4-12(19)10-15(14)18/h2-7,10H,8-9H2,1H3. The van der Waals surface area contributed by atoms with Crippen LogP contribution in [-0.4, -0.2) is 31.0 Å². The zero-order valence-corrected chi connectivity index (χ0v) is 14.2. The van der Waals surface area contributed by atoms with Crippen LogP contribution in [0, 0.1) is 5.82 Å². The molecule has 0 aliphatic rings. The van der Waals surface area contributed by atoms with Crippen LogP contribution >= 0.6 is 27.5 Å². The summed E-state index contributed by atoms with van der Waals surface area (Å²) in [6.45, 7) is 0.741. The predicted octanol–water partition coefficient (Wildman–Crippen LogP) is 4.39. The highest BCUT2D eigenvalue weighted by molar-refractivity contribution is 9.10. The van der Waals surface area contributed by atoms with Crippen LogP contribution < -0.4 is 4.74 Å². The molecule has 116 valence electrons. The van der Waals surface area contributed by atoms with Gasteiger partial charge in [0.25, 0.3) is 5.91 Å². The molecule has 22 heavy (non-hydrogen) atoms. The molecule has 6 heteroatoms. The van der Waals surface area contributed by atoms with Crippen LogP contribution in [0.25, 0.3) is 0 Å². The maximum absolute atomic E-state index is 13.0. The Kier molecular flexibility index (Phi) is 5.80. The lowest BCUT2D eigenvalue weighted by Crippen LogP contribution is -2.31. The Labute approximate surface area is 141 Å². The first-order chi connectivity index (χ1) is 10.5. The van der Waals surface area contributed by atoms with E-state index in [-0.39, 0.29) is 16.5 Å². The van der Waals surface area contributed by atoms with Gasteiger partial charge in [0.1, 0.15) is 18.2 Å². The number of likely N-dealkylation sites (N-methyl/N-ethyl adjacent to an activating group) is 1. The molecule has 3 nitrogen and oxygen atoms in total. The van der Waals surface area contributed by atoms with Gasteiger partial charge < -0.3 is 9.64 Å². The molecule has 0 fully saturated rings. The molecule has 0 N–H and O–H groups in total. The minimum absolute atomic E-state index is 0.102. The molecule has 2 aromatic rings. The van der Waals surface area contributed by atoms with E-state index in [2.05, 4.69) is 15.9 Å². The molecule has 1 amide bonds. The van der Waals surface area contributed by atoms with E-state index in [0.717, 1.165) is 16.3 Å². The van der Waals surface area contributed by atoms with E-state index >= 15 is 0 Å². The van der Waals surface area contributed by atoms with Crippen LogP contribution in [0.2, 0.25) is 5.02 Å². The smallest absolute Gasteiger partial charge is 0.255 e. The van der Waals surface area contributed by atoms with E-state index in [0.29, 0.717) is 13.2 Å². The molecular formula is C16H14BrClFNO2. The van der Waals surface area contributed by atoms with Crippen molar-refractivity contribution in [2.45, 2.75) is 0 Å². The van der Waals surface area contributed by atoms with Crippen molar-refractivity contribution in [1.82, 2.24) is 4.90 Å². The molecule has 0 atom stereocenters. The monoisotopic (exact) mass is 385 g/mol. The van der Waals surface area contributed by atoms with Crippen LogP contribution in [0.3, 0.4) is 0 Å². The number of carbonyl (C=O) groups excluding carboxylic acids is 1. The lowest BCUT2D eigenvalue weighted by molar-refractivity contribution is 0.0774. The van der Waals surface area contributed by atoms with Gasteiger partial charge in [0.05, 0.1) is 17.1 Å². The van der Waals surface area contributed by atoms with E-state index in [1.807, 2.05) is 24.3 Å². The number of nitrogens with zero attached hydrogens (tertiary/aromatic N) is 1. The number of hydrogen-bond donors (Lipinski definition) is 0. The third-order valence-corrected chi connectivity index (χ3v) is 3.86. The summed E-state index contributed by atoms with van der Waals surface area (Å²) in [5, 5.41) is 0.102. The summed E-state index contributed by atoms with van der Waals surface area (Å²) in [7, 11) is 1.65. The Hall–Kier alpha value is -1.59. The van der Waals surface area contributed by atoms with Crippen LogP contribution in [0.1, 0.15) is 10.4 Å². The number of amides is 1. The number of benzene rings is 2. The zero-order valence-electron chi connectivity index (χ0n) is 11.9. The van der Waals surface area contributed by atoms with Crippen molar-refractivity contribution in [1.29, 1.82) is 0 Å². The van der Waals surface area contributed by atoms with Gasteiger partial charge >= 0.3 is 0 Å². The maximum atomic E-state index is 13.0. The molecule has 0 aliphatic heterocycles. The van der Waals surface area contributed by atoms with Gasteiger partial charge in [-0.2, -0.15) is 0 Å². The van der Waals surface area contributed by atoms with Crippen molar-refractivity contribution in [3.8, 4) is 5.75 Å². The van der Waals surface area contributed by atoms with E-state index in [1.54, 1.807) is 7.05 Å². The van der Waals surface area contributed by atoms with E-state index in [1.165, 1.54) is 17.0 Å². The van der Waals surface area contributed by atoms with Gasteiger partial charge in [0.15, 0.2) is 0 Å². The SMILES string of the molecule is CN(CCOc1ccc(Br)cc1)C(=O)c1ccc(F)cc1Cl. The summed E-state index contributed by atoms with van der Waals surface area (Å²) in [4.78, 5) is 13.7. The van der Waals surface area contributed by atoms with Crippen LogP contribution in [-0.2, 0) is 0 Å². The molecule has 0 bridgehead atoms. The quantitative estimate of drug-likeness (QED) is 0.762. The number of halogens is 3. The summed E-state index contributed by atoms with van der Waals surface area (Å²) in [5.41, 5.74) is 0.272. The highest BCUT2D eigenvalue weighted by Crippen LogP contribution is 2.19. The number of rotatable bonds is 5. The van der Waals surface area contributed by atoms with Crippen LogP contribution in [0.5, 0.6) is 5.75 Å². The third kappa shape index (κ3) is 4.45. The Balaban J connectivity index is 1.90. The Morgan fingerprint density at radius 3 is 2.59 bits per heavy atom. The summed E-state index contributed by atoms with van der Waals surface area (Å²) in [6.07, 6.45) is 0. The highest BCUT2D eigenvalue weighted by atomic mass is 79.9. The fourth-order valence-electron chi connectivity index (χ4n) is 1.80. The molecule has 2 aromatic carbocycles. The number of ether oxygens (including phenoxy) is 1. The molecule has 0 aliphatic carbocycles. The van der Waals surface area contributed by atoms with Crippen molar-refractivity contribution in [2.24, 2.45) is 0 Å². The first-order valence-corrected chi connectivity index (χ1v) is 7.73. The Morgan fingerprint density at radius 2 is 1.95 bits per heavy atom. The van der Waals surface area contributed by atoms with Gasteiger partial charge in [-0.1, -0.05) is 27.5 Å². The summed E-state index contributed by atoms with van der Waals surface area (Å²) in [5.74, 6) is -0.0176.